The molecule has 0 spiro atoms. The number of rotatable bonds is 12. The van der Waals surface area contributed by atoms with Crippen LogP contribution in [0.2, 0.25) is 0 Å². The number of ether oxygens (including phenoxy) is 3. The molecule has 0 saturated carbocycles. The van der Waals surface area contributed by atoms with Crippen molar-refractivity contribution in [3.8, 4) is 28.4 Å². The molecule has 1 aliphatic heterocycles. The Bertz CT molecular complexity index is 1710. The monoisotopic (exact) mass is 622 g/mol. The van der Waals surface area contributed by atoms with Crippen molar-refractivity contribution in [2.75, 3.05) is 25.2 Å². The molecular formula is C39H42O5S. The van der Waals surface area contributed by atoms with Gasteiger partial charge in [0.05, 0.1) is 19.6 Å². The lowest BCUT2D eigenvalue weighted by Crippen LogP contribution is -2.15. The van der Waals surface area contributed by atoms with Gasteiger partial charge >= 0.3 is 5.97 Å². The number of aryl methyl sites for hydroxylation is 1. The maximum atomic E-state index is 11.2. The molecule has 0 amide bonds. The van der Waals surface area contributed by atoms with Crippen LogP contribution in [-0.2, 0) is 24.2 Å². The van der Waals surface area contributed by atoms with Crippen molar-refractivity contribution in [2.24, 2.45) is 0 Å². The van der Waals surface area contributed by atoms with Crippen LogP contribution in [0.25, 0.3) is 11.1 Å². The van der Waals surface area contributed by atoms with E-state index in [4.69, 9.17) is 14.2 Å². The van der Waals surface area contributed by atoms with Gasteiger partial charge in [-0.15, -0.1) is 0 Å². The third-order valence-corrected chi connectivity index (χ3v) is 10.7. The SMILES string of the molecule is C/C=S(\C)CCCOc1cc(C)c2c(c1)CC(Cc1ccccc1)c1ccc(COc3ccc4c(c3)OCC4CC(=O)O)cc1-2. The number of hydrogen-bond acceptors (Lipinski definition) is 4. The normalized spacial score (nSPS) is 17.1. The van der Waals surface area contributed by atoms with Gasteiger partial charge in [-0.25, -0.2) is 0 Å². The molecule has 0 fully saturated rings. The molecule has 4 aromatic rings. The molecular weight excluding hydrogens is 580 g/mol. The Morgan fingerprint density at radius 2 is 1.78 bits per heavy atom. The molecule has 45 heavy (non-hydrogen) atoms. The fourth-order valence-corrected chi connectivity index (χ4v) is 7.47. The second-order valence-corrected chi connectivity index (χ2v) is 14.5. The lowest BCUT2D eigenvalue weighted by Gasteiger charge is -2.30. The van der Waals surface area contributed by atoms with Gasteiger partial charge in [-0.1, -0.05) is 53.9 Å². The highest BCUT2D eigenvalue weighted by molar-refractivity contribution is 8.14. The molecule has 6 heteroatoms. The van der Waals surface area contributed by atoms with Crippen LogP contribution in [0.3, 0.4) is 0 Å². The highest BCUT2D eigenvalue weighted by Gasteiger charge is 2.28. The molecule has 0 saturated heterocycles. The second kappa shape index (κ2) is 13.9. The molecule has 5 nitrogen and oxygen atoms in total. The molecule has 0 bridgehead atoms. The summed E-state index contributed by atoms with van der Waals surface area (Å²) in [5.74, 6) is 3.01. The highest BCUT2D eigenvalue weighted by atomic mass is 32.2. The second-order valence-electron chi connectivity index (χ2n) is 12.2. The summed E-state index contributed by atoms with van der Waals surface area (Å²) in [6, 6.07) is 27.8. The number of carboxylic acid groups (broad SMARTS) is 1. The van der Waals surface area contributed by atoms with Crippen LogP contribution in [0.15, 0.2) is 78.9 Å². The highest BCUT2D eigenvalue weighted by Crippen LogP contribution is 2.45. The van der Waals surface area contributed by atoms with Crippen molar-refractivity contribution in [3.05, 3.63) is 112 Å². The minimum Gasteiger partial charge on any atom is -0.494 e. The van der Waals surface area contributed by atoms with Gasteiger partial charge in [0.15, 0.2) is 0 Å². The first-order chi connectivity index (χ1) is 21.9. The van der Waals surface area contributed by atoms with Gasteiger partial charge < -0.3 is 19.3 Å². The Morgan fingerprint density at radius 3 is 2.58 bits per heavy atom. The van der Waals surface area contributed by atoms with E-state index in [0.29, 0.717) is 35.4 Å². The maximum Gasteiger partial charge on any atom is 0.304 e. The summed E-state index contributed by atoms with van der Waals surface area (Å²) < 4.78 is 18.3. The molecule has 234 valence electrons. The molecule has 6 rings (SSSR count). The lowest BCUT2D eigenvalue weighted by molar-refractivity contribution is -0.137. The zero-order valence-corrected chi connectivity index (χ0v) is 27.2. The predicted molar refractivity (Wildman–Crippen MR) is 185 cm³/mol. The first-order valence-electron chi connectivity index (χ1n) is 15.8. The first-order valence-corrected chi connectivity index (χ1v) is 17.7. The van der Waals surface area contributed by atoms with Gasteiger partial charge in [-0.3, -0.25) is 4.79 Å². The molecule has 4 aromatic carbocycles. The third kappa shape index (κ3) is 7.28. The van der Waals surface area contributed by atoms with E-state index >= 15 is 0 Å². The molecule has 2 aliphatic rings. The summed E-state index contributed by atoms with van der Waals surface area (Å²) in [7, 11) is 0.348. The number of hydrogen-bond donors (Lipinski definition) is 1. The Kier molecular flexibility index (Phi) is 9.60. The maximum absolute atomic E-state index is 11.2. The van der Waals surface area contributed by atoms with E-state index in [-0.39, 0.29) is 12.3 Å². The summed E-state index contributed by atoms with van der Waals surface area (Å²) in [5, 5.41) is 11.5. The van der Waals surface area contributed by atoms with Gasteiger partial charge in [-0.05, 0) is 114 Å². The zero-order chi connectivity index (χ0) is 31.3. The number of fused-ring (bicyclic) bond motifs is 4. The number of benzene rings is 4. The topological polar surface area (TPSA) is 65.0 Å². The molecule has 3 unspecified atom stereocenters. The van der Waals surface area contributed by atoms with Gasteiger partial charge in [0, 0.05) is 17.5 Å². The summed E-state index contributed by atoms with van der Waals surface area (Å²) >= 11 is 0. The molecule has 1 aliphatic carbocycles. The average molecular weight is 623 g/mol. The Balaban J connectivity index is 1.24. The molecule has 1 heterocycles. The standard InChI is InChI=1S/C39H42O5S/c1-4-45(3)16-8-15-42-33-17-26(2)39-30(21-33)20-29(18-27-9-6-5-7-10-27)34-13-11-28(19-36(34)39)24-43-32-12-14-35-31(22-38(40)41)25-44-37(35)23-32/h4-7,9-14,17,19,21,23,29,31H,8,15-16,18,20,22,24-25H2,1-3H3,(H,40,41). The number of carboxylic acids is 1. The summed E-state index contributed by atoms with van der Waals surface area (Å²) in [6.45, 7) is 5.90. The smallest absolute Gasteiger partial charge is 0.304 e. The van der Waals surface area contributed by atoms with E-state index < -0.39 is 5.97 Å². The van der Waals surface area contributed by atoms with Crippen LogP contribution in [0.1, 0.15) is 65.0 Å². The lowest BCUT2D eigenvalue weighted by atomic mass is 9.74. The average Bonchev–Trinajstić information content (AvgIpc) is 3.43. The molecule has 1 N–H and O–H groups in total. The fraction of sp³-hybridized carbons (Fsp3) is 0.333. The van der Waals surface area contributed by atoms with Gasteiger partial charge in [-0.2, -0.15) is 10.5 Å². The summed E-state index contributed by atoms with van der Waals surface area (Å²) in [4.78, 5) is 11.2. The minimum atomic E-state index is -0.813. The summed E-state index contributed by atoms with van der Waals surface area (Å²) in [5.41, 5.74) is 9.96. The Hall–Kier alpha value is -4.03. The van der Waals surface area contributed by atoms with Gasteiger partial charge in [0.2, 0.25) is 0 Å². The van der Waals surface area contributed by atoms with Crippen LogP contribution in [0, 0.1) is 6.92 Å². The van der Waals surface area contributed by atoms with Crippen LogP contribution >= 0.6 is 10.5 Å². The van der Waals surface area contributed by atoms with E-state index in [1.165, 1.54) is 39.1 Å². The van der Waals surface area contributed by atoms with E-state index in [2.05, 4.69) is 86.1 Å². The summed E-state index contributed by atoms with van der Waals surface area (Å²) in [6.07, 6.45) is 5.37. The van der Waals surface area contributed by atoms with E-state index in [1.807, 2.05) is 18.2 Å². The van der Waals surface area contributed by atoms with Gasteiger partial charge in [0.25, 0.3) is 0 Å². The Labute approximate surface area is 269 Å². The molecule has 0 radical (unpaired) electrons. The fourth-order valence-electron chi connectivity index (χ4n) is 6.66. The number of carbonyl (C=O) groups is 1. The van der Waals surface area contributed by atoms with Crippen molar-refractivity contribution in [1.82, 2.24) is 0 Å². The third-order valence-electron chi connectivity index (χ3n) is 8.98. The van der Waals surface area contributed by atoms with E-state index in [1.54, 1.807) is 0 Å². The molecule has 3 atom stereocenters. The van der Waals surface area contributed by atoms with E-state index in [9.17, 15) is 9.90 Å². The minimum absolute atomic E-state index is 0.0689. The predicted octanol–water partition coefficient (Wildman–Crippen LogP) is 8.56. The molecule has 0 aromatic heterocycles. The zero-order valence-electron chi connectivity index (χ0n) is 26.4. The van der Waals surface area contributed by atoms with Crippen LogP contribution in [0.4, 0.5) is 0 Å². The van der Waals surface area contributed by atoms with Crippen LogP contribution in [-0.4, -0.2) is 41.7 Å². The van der Waals surface area contributed by atoms with Crippen LogP contribution < -0.4 is 14.2 Å². The van der Waals surface area contributed by atoms with Gasteiger partial charge in [0.1, 0.15) is 23.9 Å². The van der Waals surface area contributed by atoms with Crippen molar-refractivity contribution < 1.29 is 24.1 Å². The Morgan fingerprint density at radius 1 is 0.956 bits per heavy atom. The largest absolute Gasteiger partial charge is 0.494 e. The number of aliphatic carboxylic acids is 1. The van der Waals surface area contributed by atoms with Crippen molar-refractivity contribution in [2.45, 2.75) is 58.0 Å². The van der Waals surface area contributed by atoms with Crippen molar-refractivity contribution in [1.29, 1.82) is 0 Å². The van der Waals surface area contributed by atoms with Crippen molar-refractivity contribution in [3.63, 3.8) is 0 Å². The van der Waals surface area contributed by atoms with Crippen LogP contribution in [0.5, 0.6) is 17.2 Å². The van der Waals surface area contributed by atoms with E-state index in [0.717, 1.165) is 48.5 Å². The quantitative estimate of drug-likeness (QED) is 0.127. The first kappa shape index (κ1) is 31.0. The van der Waals surface area contributed by atoms with Crippen molar-refractivity contribution >= 4 is 21.8 Å².